The summed E-state index contributed by atoms with van der Waals surface area (Å²) in [5, 5.41) is 5.91. The third-order valence-corrected chi connectivity index (χ3v) is 4.69. The van der Waals surface area contributed by atoms with Gasteiger partial charge in [0.25, 0.3) is 0 Å². The fourth-order valence-corrected chi connectivity index (χ4v) is 3.51. The number of ether oxygens (including phenoxy) is 1. The Morgan fingerprint density at radius 2 is 1.95 bits per heavy atom. The molecule has 4 nitrogen and oxygen atoms in total. The number of aryl methyl sites for hydroxylation is 1. The summed E-state index contributed by atoms with van der Waals surface area (Å²) in [5.41, 5.74) is 2.79. The zero-order valence-corrected chi connectivity index (χ0v) is 13.2. The molecule has 0 heterocycles. The molecule has 0 unspecified atom stereocenters. The van der Waals surface area contributed by atoms with Gasteiger partial charge in [-0.15, -0.1) is 0 Å². The summed E-state index contributed by atoms with van der Waals surface area (Å²) in [6.45, 7) is 1.07. The van der Waals surface area contributed by atoms with E-state index >= 15 is 0 Å². The van der Waals surface area contributed by atoms with Gasteiger partial charge in [0.15, 0.2) is 0 Å². The molecule has 1 saturated carbocycles. The van der Waals surface area contributed by atoms with E-state index < -0.39 is 0 Å². The number of hydrogen-bond acceptors (Lipinski definition) is 2. The molecule has 0 spiro atoms. The molecule has 2 aliphatic rings. The maximum Gasteiger partial charge on any atom is 0.315 e. The van der Waals surface area contributed by atoms with Crippen LogP contribution >= 0.6 is 0 Å². The van der Waals surface area contributed by atoms with Crippen molar-refractivity contribution in [2.24, 2.45) is 0 Å². The highest BCUT2D eigenvalue weighted by atomic mass is 16.5. The van der Waals surface area contributed by atoms with Crippen molar-refractivity contribution < 1.29 is 9.53 Å². The van der Waals surface area contributed by atoms with E-state index in [-0.39, 0.29) is 6.03 Å². The standard InChI is InChI=1S/C18H26N2O2/c21-18(20-15-8-2-3-9-15)19-12-13-22-17-11-5-7-14-6-1-4-10-16(14)17/h5,7,11,15H,1-4,6,8-10,12-13H2,(H2,19,20,21). The highest BCUT2D eigenvalue weighted by Gasteiger charge is 2.17. The number of amides is 2. The summed E-state index contributed by atoms with van der Waals surface area (Å²) in [5.74, 6) is 0.996. The Kier molecular flexibility index (Phi) is 5.20. The molecule has 2 N–H and O–H groups in total. The van der Waals surface area contributed by atoms with Crippen LogP contribution in [-0.2, 0) is 12.8 Å². The number of urea groups is 1. The summed E-state index contributed by atoms with van der Waals surface area (Å²) in [6.07, 6.45) is 9.48. The fraction of sp³-hybridized carbons (Fsp3) is 0.611. The van der Waals surface area contributed by atoms with Crippen molar-refractivity contribution >= 4 is 6.03 Å². The molecule has 3 rings (SSSR count). The number of nitrogens with one attached hydrogen (secondary N) is 2. The van der Waals surface area contributed by atoms with Crippen LogP contribution in [0.15, 0.2) is 18.2 Å². The van der Waals surface area contributed by atoms with Crippen LogP contribution in [0.3, 0.4) is 0 Å². The first-order valence-corrected chi connectivity index (χ1v) is 8.61. The van der Waals surface area contributed by atoms with Gasteiger partial charge in [-0.25, -0.2) is 4.79 Å². The van der Waals surface area contributed by atoms with Crippen molar-refractivity contribution in [3.63, 3.8) is 0 Å². The molecule has 0 bridgehead atoms. The number of hydrogen-bond donors (Lipinski definition) is 2. The van der Waals surface area contributed by atoms with E-state index in [2.05, 4.69) is 22.8 Å². The van der Waals surface area contributed by atoms with Crippen molar-refractivity contribution in [2.75, 3.05) is 13.2 Å². The second kappa shape index (κ2) is 7.52. The van der Waals surface area contributed by atoms with Crippen molar-refractivity contribution in [3.8, 4) is 5.75 Å². The van der Waals surface area contributed by atoms with Crippen LogP contribution in [0.5, 0.6) is 5.75 Å². The zero-order chi connectivity index (χ0) is 15.2. The number of rotatable bonds is 5. The smallest absolute Gasteiger partial charge is 0.315 e. The average Bonchev–Trinajstić information content (AvgIpc) is 3.04. The van der Waals surface area contributed by atoms with Gasteiger partial charge in [-0.3, -0.25) is 0 Å². The summed E-state index contributed by atoms with van der Waals surface area (Å²) < 4.78 is 5.88. The monoisotopic (exact) mass is 302 g/mol. The Morgan fingerprint density at radius 1 is 1.14 bits per heavy atom. The molecule has 0 radical (unpaired) electrons. The van der Waals surface area contributed by atoms with Gasteiger partial charge in [-0.05, 0) is 55.7 Å². The van der Waals surface area contributed by atoms with Gasteiger partial charge >= 0.3 is 6.03 Å². The maximum atomic E-state index is 11.8. The SMILES string of the molecule is O=C(NCCOc1cccc2c1CCCC2)NC1CCCC1. The van der Waals surface area contributed by atoms with Gasteiger partial charge in [-0.2, -0.15) is 0 Å². The molecule has 2 amide bonds. The van der Waals surface area contributed by atoms with Crippen LogP contribution in [0, 0.1) is 0 Å². The van der Waals surface area contributed by atoms with Crippen molar-refractivity contribution in [3.05, 3.63) is 29.3 Å². The number of carbonyl (C=O) groups excluding carboxylic acids is 1. The number of benzene rings is 1. The predicted octanol–water partition coefficient (Wildman–Crippen LogP) is 3.19. The molecule has 0 saturated heterocycles. The molecule has 2 aliphatic carbocycles. The highest BCUT2D eigenvalue weighted by molar-refractivity contribution is 5.74. The molecule has 0 aromatic heterocycles. The Bertz CT molecular complexity index is 510. The molecule has 1 aromatic carbocycles. The third-order valence-electron chi connectivity index (χ3n) is 4.69. The third kappa shape index (κ3) is 3.93. The molecular formula is C18H26N2O2. The number of fused-ring (bicyclic) bond motifs is 1. The minimum atomic E-state index is -0.0643. The van der Waals surface area contributed by atoms with Gasteiger partial charge in [0, 0.05) is 6.04 Å². The van der Waals surface area contributed by atoms with Crippen LogP contribution in [0.1, 0.15) is 49.7 Å². The second-order valence-electron chi connectivity index (χ2n) is 6.33. The van der Waals surface area contributed by atoms with Gasteiger partial charge < -0.3 is 15.4 Å². The lowest BCUT2D eigenvalue weighted by atomic mass is 9.91. The van der Waals surface area contributed by atoms with E-state index in [0.29, 0.717) is 19.2 Å². The van der Waals surface area contributed by atoms with Crippen molar-refractivity contribution in [2.45, 2.75) is 57.4 Å². The fourth-order valence-electron chi connectivity index (χ4n) is 3.51. The predicted molar refractivity (Wildman–Crippen MR) is 87.4 cm³/mol. The molecular weight excluding hydrogens is 276 g/mol. The second-order valence-corrected chi connectivity index (χ2v) is 6.33. The first-order valence-electron chi connectivity index (χ1n) is 8.61. The van der Waals surface area contributed by atoms with Gasteiger partial charge in [0.05, 0.1) is 6.54 Å². The van der Waals surface area contributed by atoms with E-state index in [9.17, 15) is 4.79 Å². The van der Waals surface area contributed by atoms with E-state index in [1.165, 1.54) is 36.8 Å². The molecule has 0 aliphatic heterocycles. The lowest BCUT2D eigenvalue weighted by molar-refractivity contribution is 0.232. The summed E-state index contributed by atoms with van der Waals surface area (Å²) in [7, 11) is 0. The normalized spacial score (nSPS) is 17.8. The van der Waals surface area contributed by atoms with Gasteiger partial charge in [0.2, 0.25) is 0 Å². The lowest BCUT2D eigenvalue weighted by Crippen LogP contribution is -2.42. The Hall–Kier alpha value is -1.71. The summed E-state index contributed by atoms with van der Waals surface area (Å²) >= 11 is 0. The quantitative estimate of drug-likeness (QED) is 0.821. The maximum absolute atomic E-state index is 11.8. The molecule has 22 heavy (non-hydrogen) atoms. The minimum absolute atomic E-state index is 0.0643. The Morgan fingerprint density at radius 3 is 2.82 bits per heavy atom. The van der Waals surface area contributed by atoms with Gasteiger partial charge in [-0.1, -0.05) is 25.0 Å². The summed E-state index contributed by atoms with van der Waals surface area (Å²) in [4.78, 5) is 11.8. The van der Waals surface area contributed by atoms with Crippen LogP contribution in [-0.4, -0.2) is 25.2 Å². The van der Waals surface area contributed by atoms with Crippen LogP contribution in [0.2, 0.25) is 0 Å². The topological polar surface area (TPSA) is 50.4 Å². The molecule has 120 valence electrons. The number of carbonyl (C=O) groups is 1. The zero-order valence-electron chi connectivity index (χ0n) is 13.2. The molecule has 1 aromatic rings. The van der Waals surface area contributed by atoms with E-state index in [4.69, 9.17) is 4.74 Å². The van der Waals surface area contributed by atoms with Crippen molar-refractivity contribution in [1.82, 2.24) is 10.6 Å². The largest absolute Gasteiger partial charge is 0.491 e. The molecule has 1 fully saturated rings. The van der Waals surface area contributed by atoms with E-state index in [1.807, 2.05) is 6.07 Å². The van der Waals surface area contributed by atoms with Crippen molar-refractivity contribution in [1.29, 1.82) is 0 Å². The van der Waals surface area contributed by atoms with Gasteiger partial charge in [0.1, 0.15) is 12.4 Å². The Balaban J connectivity index is 1.40. The average molecular weight is 302 g/mol. The lowest BCUT2D eigenvalue weighted by Gasteiger charge is -2.19. The molecule has 4 heteroatoms. The first-order chi connectivity index (χ1) is 10.8. The summed E-state index contributed by atoms with van der Waals surface area (Å²) in [6, 6.07) is 6.62. The van der Waals surface area contributed by atoms with E-state index in [1.54, 1.807) is 0 Å². The van der Waals surface area contributed by atoms with Crippen LogP contribution in [0.4, 0.5) is 4.79 Å². The van der Waals surface area contributed by atoms with Crippen LogP contribution < -0.4 is 15.4 Å². The van der Waals surface area contributed by atoms with Crippen LogP contribution in [0.25, 0.3) is 0 Å². The molecule has 0 atom stereocenters. The Labute approximate surface area is 132 Å². The first kappa shape index (κ1) is 15.2. The highest BCUT2D eigenvalue weighted by Crippen LogP contribution is 2.29. The van der Waals surface area contributed by atoms with E-state index in [0.717, 1.165) is 31.4 Å². The minimum Gasteiger partial charge on any atom is -0.491 e.